The third-order valence-electron chi connectivity index (χ3n) is 4.09. The molecule has 28 heavy (non-hydrogen) atoms. The van der Waals surface area contributed by atoms with E-state index in [-0.39, 0.29) is 29.2 Å². The molecule has 0 unspecified atom stereocenters. The fraction of sp³-hybridized carbons (Fsp3) is 0.267. The standard InChI is InChI=1S/C15H13F7N4OS/c1-7(9-3-5-10(6-4-9)28(18,19,20,21)22)26-14-11(12(25-26)13(16)17)15(27)24-8(2)23-14/h3-7,13H,1-2H3,(H,23,24,27)/t7-/m0/s1. The van der Waals surface area contributed by atoms with E-state index in [0.29, 0.717) is 0 Å². The second kappa shape index (κ2) is 5.49. The molecule has 0 fully saturated rings. The Morgan fingerprint density at radius 1 is 1.07 bits per heavy atom. The molecule has 0 saturated carbocycles. The lowest BCUT2D eigenvalue weighted by Crippen LogP contribution is -2.13. The van der Waals surface area contributed by atoms with E-state index >= 15 is 0 Å². The van der Waals surface area contributed by atoms with Gasteiger partial charge < -0.3 is 4.98 Å². The predicted octanol–water partition coefficient (Wildman–Crippen LogP) is 5.63. The van der Waals surface area contributed by atoms with Gasteiger partial charge in [-0.1, -0.05) is 31.6 Å². The highest BCUT2D eigenvalue weighted by molar-refractivity contribution is 8.45. The molecule has 1 atom stereocenters. The maximum atomic E-state index is 13.3. The molecule has 1 N–H and O–H groups in total. The van der Waals surface area contributed by atoms with Gasteiger partial charge in [0.05, 0.1) is 6.04 Å². The third-order valence-corrected chi connectivity index (χ3v) is 5.25. The third kappa shape index (κ3) is 3.57. The molecule has 2 heterocycles. The highest BCUT2D eigenvalue weighted by Gasteiger charge is 2.65. The number of aryl methyl sites for hydroxylation is 1. The van der Waals surface area contributed by atoms with E-state index in [4.69, 9.17) is 0 Å². The molecule has 0 spiro atoms. The van der Waals surface area contributed by atoms with Crippen LogP contribution in [0.3, 0.4) is 0 Å². The fourth-order valence-corrected chi connectivity index (χ4v) is 3.40. The molecule has 0 aliphatic heterocycles. The molecule has 0 radical (unpaired) electrons. The molecule has 1 aromatic carbocycles. The summed E-state index contributed by atoms with van der Waals surface area (Å²) in [4.78, 5) is 16.2. The largest absolute Gasteiger partial charge is 0.310 e. The average Bonchev–Trinajstić information content (AvgIpc) is 2.92. The molecule has 0 bridgehead atoms. The number of H-pyrrole nitrogens is 1. The van der Waals surface area contributed by atoms with Crippen LogP contribution >= 0.6 is 10.2 Å². The summed E-state index contributed by atoms with van der Waals surface area (Å²) < 4.78 is 91.7. The van der Waals surface area contributed by atoms with Gasteiger partial charge in [0.1, 0.15) is 21.8 Å². The van der Waals surface area contributed by atoms with Crippen molar-refractivity contribution in [3.05, 3.63) is 51.7 Å². The lowest BCUT2D eigenvalue weighted by Gasteiger charge is -2.40. The van der Waals surface area contributed by atoms with Crippen molar-refractivity contribution in [2.24, 2.45) is 0 Å². The first kappa shape index (κ1) is 20.2. The zero-order valence-electron chi connectivity index (χ0n) is 14.3. The molecule has 0 aliphatic carbocycles. The molecule has 0 amide bonds. The molecule has 3 rings (SSSR count). The van der Waals surface area contributed by atoms with Crippen LogP contribution in [-0.4, -0.2) is 19.7 Å². The first-order valence-corrected chi connectivity index (χ1v) is 9.65. The summed E-state index contributed by atoms with van der Waals surface area (Å²) in [6.45, 7) is 2.81. The molecule has 0 saturated heterocycles. The minimum Gasteiger partial charge on any atom is -0.310 e. The number of rotatable bonds is 4. The SMILES string of the molecule is Cc1nc2c(c(C(F)F)nn2[C@@H](C)c2ccc(S(F)(F)(F)(F)F)cc2)c(=O)[nH]1. The van der Waals surface area contributed by atoms with Gasteiger partial charge in [0, 0.05) is 0 Å². The number of alkyl halides is 2. The Hall–Kier alpha value is -2.57. The molecule has 2 aromatic heterocycles. The van der Waals surface area contributed by atoms with Gasteiger partial charge in [-0.05, 0) is 31.5 Å². The first-order chi connectivity index (χ1) is 12.6. The van der Waals surface area contributed by atoms with Gasteiger partial charge in [-0.25, -0.2) is 18.4 Å². The van der Waals surface area contributed by atoms with Crippen molar-refractivity contribution in [2.45, 2.75) is 31.2 Å². The number of aromatic nitrogens is 4. The number of benzene rings is 1. The lowest BCUT2D eigenvalue weighted by atomic mass is 10.1. The number of nitrogens with one attached hydrogen (secondary N) is 1. The molecule has 0 aliphatic rings. The van der Waals surface area contributed by atoms with Crippen LogP contribution in [0, 0.1) is 6.92 Å². The van der Waals surface area contributed by atoms with E-state index in [2.05, 4.69) is 15.1 Å². The summed E-state index contributed by atoms with van der Waals surface area (Å²) in [7, 11) is -9.83. The van der Waals surface area contributed by atoms with Crippen LogP contribution in [0.4, 0.5) is 28.2 Å². The van der Waals surface area contributed by atoms with Crippen LogP contribution < -0.4 is 5.56 Å². The Morgan fingerprint density at radius 3 is 2.14 bits per heavy atom. The Kier molecular flexibility index (Phi) is 3.95. The Labute approximate surface area is 152 Å². The van der Waals surface area contributed by atoms with E-state index in [9.17, 15) is 33.0 Å². The van der Waals surface area contributed by atoms with Gasteiger partial charge in [0.2, 0.25) is 0 Å². The average molecular weight is 430 g/mol. The quantitative estimate of drug-likeness (QED) is 0.546. The monoisotopic (exact) mass is 430 g/mol. The van der Waals surface area contributed by atoms with Gasteiger partial charge in [-0.15, -0.1) is 0 Å². The summed E-state index contributed by atoms with van der Waals surface area (Å²) >= 11 is 0. The van der Waals surface area contributed by atoms with Crippen LogP contribution in [0.15, 0.2) is 34.0 Å². The number of halogens is 7. The summed E-state index contributed by atoms with van der Waals surface area (Å²) in [5.74, 6) is 0.114. The number of hydrogen-bond acceptors (Lipinski definition) is 3. The minimum absolute atomic E-state index is 0.0792. The van der Waals surface area contributed by atoms with Gasteiger partial charge in [-0.3, -0.25) is 4.79 Å². The maximum absolute atomic E-state index is 13.3. The molecule has 5 nitrogen and oxygen atoms in total. The Balaban J connectivity index is 2.15. The van der Waals surface area contributed by atoms with Crippen molar-refractivity contribution >= 4 is 21.3 Å². The van der Waals surface area contributed by atoms with Crippen molar-refractivity contribution in [3.8, 4) is 0 Å². The number of fused-ring (bicyclic) bond motifs is 1. The summed E-state index contributed by atoms with van der Waals surface area (Å²) in [6, 6.07) is 1.08. The van der Waals surface area contributed by atoms with E-state index in [0.717, 1.165) is 16.8 Å². The predicted molar refractivity (Wildman–Crippen MR) is 89.5 cm³/mol. The van der Waals surface area contributed by atoms with Crippen LogP contribution in [0.2, 0.25) is 0 Å². The zero-order valence-corrected chi connectivity index (χ0v) is 15.1. The van der Waals surface area contributed by atoms with Crippen LogP contribution in [-0.2, 0) is 0 Å². The van der Waals surface area contributed by atoms with E-state index in [1.54, 1.807) is 0 Å². The van der Waals surface area contributed by atoms with Crippen LogP contribution in [0.25, 0.3) is 11.0 Å². The van der Waals surface area contributed by atoms with E-state index in [1.165, 1.54) is 13.8 Å². The van der Waals surface area contributed by atoms with Crippen molar-refractivity contribution in [3.63, 3.8) is 0 Å². The normalized spacial score (nSPS) is 16.2. The Bertz CT molecular complexity index is 1120. The summed E-state index contributed by atoms with van der Waals surface area (Å²) in [5, 5.41) is 3.24. The Morgan fingerprint density at radius 2 is 1.64 bits per heavy atom. The highest BCUT2D eigenvalue weighted by Crippen LogP contribution is 3.02. The fourth-order valence-electron chi connectivity index (χ4n) is 2.75. The topological polar surface area (TPSA) is 63.6 Å². The summed E-state index contributed by atoms with van der Waals surface area (Å²) in [6.07, 6.45) is -3.10. The number of aromatic amines is 1. The zero-order chi connectivity index (χ0) is 21.1. The smallest absolute Gasteiger partial charge is 0.310 e. The molecular weight excluding hydrogens is 417 g/mol. The molecule has 154 valence electrons. The number of nitrogens with zero attached hydrogens (tertiary/aromatic N) is 3. The lowest BCUT2D eigenvalue weighted by molar-refractivity contribution is 0.146. The van der Waals surface area contributed by atoms with Gasteiger partial charge >= 0.3 is 10.2 Å². The maximum Gasteiger partial charge on any atom is 0.310 e. The molecule has 13 heteroatoms. The van der Waals surface area contributed by atoms with Gasteiger partial charge in [0.15, 0.2) is 5.65 Å². The highest BCUT2D eigenvalue weighted by atomic mass is 32.5. The van der Waals surface area contributed by atoms with Gasteiger partial charge in [0.25, 0.3) is 12.0 Å². The minimum atomic E-state index is -9.83. The van der Waals surface area contributed by atoms with Crippen LogP contribution in [0.5, 0.6) is 0 Å². The second-order valence-electron chi connectivity index (χ2n) is 6.19. The summed E-state index contributed by atoms with van der Waals surface area (Å²) in [5.41, 5.74) is -1.79. The van der Waals surface area contributed by atoms with Crippen LogP contribution in [0.1, 0.15) is 36.5 Å². The van der Waals surface area contributed by atoms with Crippen molar-refractivity contribution < 1.29 is 28.2 Å². The van der Waals surface area contributed by atoms with Crippen molar-refractivity contribution in [1.82, 2.24) is 19.7 Å². The van der Waals surface area contributed by atoms with Crippen molar-refractivity contribution in [1.29, 1.82) is 0 Å². The van der Waals surface area contributed by atoms with Crippen molar-refractivity contribution in [2.75, 3.05) is 0 Å². The van der Waals surface area contributed by atoms with E-state index in [1.807, 2.05) is 0 Å². The molecule has 3 aromatic rings. The van der Waals surface area contributed by atoms with Gasteiger partial charge in [-0.2, -0.15) is 5.10 Å². The number of hydrogen-bond donors (Lipinski definition) is 1. The first-order valence-electron chi connectivity index (χ1n) is 7.69. The second-order valence-corrected chi connectivity index (χ2v) is 8.60. The van der Waals surface area contributed by atoms with E-state index < -0.39 is 44.2 Å². The molecular formula is C15H13F7N4OS.